The Kier molecular flexibility index (Phi) is 35.9. The zero-order chi connectivity index (χ0) is 31.0. The molecule has 0 aliphatic rings. The van der Waals surface area contributed by atoms with E-state index in [1.807, 2.05) is 0 Å². The molecular weight excluding hydrogens is 567 g/mol. The normalized spacial score (nSPS) is 11.0. The number of hydrogen-bond donors (Lipinski definition) is 0. The molecule has 0 aliphatic heterocycles. The Morgan fingerprint density at radius 2 is 0.884 bits per heavy atom. The molecule has 0 unspecified atom stereocenters. The number of hydrogen-bond acceptors (Lipinski definition) is 5. The summed E-state index contributed by atoms with van der Waals surface area (Å²) in [5.41, 5.74) is 0. The van der Waals surface area contributed by atoms with Crippen LogP contribution in [0.4, 0.5) is 0 Å². The van der Waals surface area contributed by atoms with Gasteiger partial charge < -0.3 is 9.90 Å². The van der Waals surface area contributed by atoms with Gasteiger partial charge in [0.15, 0.2) is 0 Å². The van der Waals surface area contributed by atoms with Gasteiger partial charge in [0.05, 0.1) is 11.5 Å². The number of carboxylic acids is 1. The van der Waals surface area contributed by atoms with E-state index >= 15 is 0 Å². The predicted molar refractivity (Wildman–Crippen MR) is 176 cm³/mol. The fourth-order valence-corrected chi connectivity index (χ4v) is 6.02. The Labute approximate surface area is 289 Å². The molecular formula is C36H65NaO5S. The second kappa shape index (κ2) is 34.5. The first-order chi connectivity index (χ1) is 20.4. The molecule has 0 N–H and O–H groups in total. The number of unbranched alkanes of at least 4 members (excludes halogenated alkanes) is 23. The SMILES string of the molecule is CCCCCCCCCCCCCCCCCC(=O)[O-].CCCCCCCCCCCCOS(=O)(=O)c1ccccc1.[Na+]. The van der Waals surface area contributed by atoms with Crippen molar-refractivity contribution in [3.8, 4) is 0 Å². The van der Waals surface area contributed by atoms with E-state index in [0.29, 0.717) is 0 Å². The summed E-state index contributed by atoms with van der Waals surface area (Å²) in [5, 5.41) is 10.2. The Morgan fingerprint density at radius 1 is 0.558 bits per heavy atom. The Balaban J connectivity index is 0. The molecule has 0 amide bonds. The first kappa shape index (κ1) is 44.7. The minimum absolute atomic E-state index is 0. The Morgan fingerprint density at radius 3 is 1.23 bits per heavy atom. The summed E-state index contributed by atoms with van der Waals surface area (Å²) in [7, 11) is -3.57. The molecule has 5 nitrogen and oxygen atoms in total. The molecule has 0 bridgehead atoms. The van der Waals surface area contributed by atoms with E-state index in [-0.39, 0.29) is 47.5 Å². The zero-order valence-electron chi connectivity index (χ0n) is 28.4. The van der Waals surface area contributed by atoms with Crippen molar-refractivity contribution in [3.63, 3.8) is 0 Å². The number of rotatable bonds is 29. The average molecular weight is 633 g/mol. The van der Waals surface area contributed by atoms with Crippen LogP contribution in [0.1, 0.15) is 181 Å². The van der Waals surface area contributed by atoms with Gasteiger partial charge in [-0.2, -0.15) is 8.42 Å². The summed E-state index contributed by atoms with van der Waals surface area (Å²) < 4.78 is 28.8. The second-order valence-corrected chi connectivity index (χ2v) is 13.5. The van der Waals surface area contributed by atoms with Crippen molar-refractivity contribution in [1.82, 2.24) is 0 Å². The monoisotopic (exact) mass is 632 g/mol. The minimum Gasteiger partial charge on any atom is -0.550 e. The summed E-state index contributed by atoms with van der Waals surface area (Å²) >= 11 is 0. The summed E-state index contributed by atoms with van der Waals surface area (Å²) in [6.07, 6.45) is 32.1. The zero-order valence-corrected chi connectivity index (χ0v) is 31.2. The van der Waals surface area contributed by atoms with Gasteiger partial charge in [0.25, 0.3) is 10.1 Å². The molecule has 246 valence electrons. The van der Waals surface area contributed by atoms with E-state index in [9.17, 15) is 18.3 Å². The van der Waals surface area contributed by atoms with Crippen molar-refractivity contribution in [2.75, 3.05) is 6.61 Å². The van der Waals surface area contributed by atoms with Crippen LogP contribution in [-0.2, 0) is 19.1 Å². The van der Waals surface area contributed by atoms with Gasteiger partial charge in [-0.15, -0.1) is 0 Å². The summed E-state index contributed by atoms with van der Waals surface area (Å²) in [6, 6.07) is 8.33. The average Bonchev–Trinajstić information content (AvgIpc) is 2.98. The van der Waals surface area contributed by atoms with Gasteiger partial charge in [-0.05, 0) is 31.4 Å². The fourth-order valence-electron chi connectivity index (χ4n) is 5.05. The topological polar surface area (TPSA) is 83.5 Å². The van der Waals surface area contributed by atoms with Crippen LogP contribution in [0.5, 0.6) is 0 Å². The van der Waals surface area contributed by atoms with E-state index in [4.69, 9.17) is 4.18 Å². The largest absolute Gasteiger partial charge is 1.00 e. The second-order valence-electron chi connectivity index (χ2n) is 11.8. The van der Waals surface area contributed by atoms with Crippen LogP contribution in [0.3, 0.4) is 0 Å². The van der Waals surface area contributed by atoms with Crippen LogP contribution >= 0.6 is 0 Å². The van der Waals surface area contributed by atoms with E-state index in [0.717, 1.165) is 25.7 Å². The first-order valence-electron chi connectivity index (χ1n) is 17.6. The van der Waals surface area contributed by atoms with Crippen molar-refractivity contribution in [1.29, 1.82) is 0 Å². The number of aliphatic carboxylic acids is 1. The van der Waals surface area contributed by atoms with Gasteiger partial charge in [-0.1, -0.05) is 180 Å². The number of carbonyl (C=O) groups excluding carboxylic acids is 1. The molecule has 0 atom stereocenters. The smallest absolute Gasteiger partial charge is 0.550 e. The molecule has 0 radical (unpaired) electrons. The van der Waals surface area contributed by atoms with Crippen molar-refractivity contribution < 1.29 is 52.1 Å². The third-order valence-corrected chi connectivity index (χ3v) is 9.08. The number of benzene rings is 1. The van der Waals surface area contributed by atoms with Gasteiger partial charge in [-0.3, -0.25) is 4.18 Å². The van der Waals surface area contributed by atoms with Crippen molar-refractivity contribution in [2.45, 2.75) is 186 Å². The Bertz CT molecular complexity index is 801. The predicted octanol–water partition coefficient (Wildman–Crippen LogP) is 7.31. The van der Waals surface area contributed by atoms with Gasteiger partial charge in [0.2, 0.25) is 0 Å². The van der Waals surface area contributed by atoms with Crippen molar-refractivity contribution >= 4 is 16.1 Å². The molecule has 0 aromatic heterocycles. The molecule has 0 saturated heterocycles. The summed E-state index contributed by atoms with van der Waals surface area (Å²) in [4.78, 5) is 10.5. The standard InChI is InChI=1S/C18H30O3S.C18H36O2.Na/c1-2-3-4-5-6-7-8-9-10-14-17-21-22(19,20)18-15-12-11-13-16-18;1-2-3-4-5-6-7-8-9-10-11-12-13-14-15-16-17-18(19)20;/h11-13,15-16H,2-10,14,17H2,1H3;2-17H2,1H3,(H,19,20);/q;;+1/p-1. The van der Waals surface area contributed by atoms with E-state index < -0.39 is 16.1 Å². The van der Waals surface area contributed by atoms with Crippen LogP contribution in [0.2, 0.25) is 0 Å². The maximum absolute atomic E-state index is 11.9. The molecule has 0 heterocycles. The quantitative estimate of drug-likeness (QED) is 0.0525. The molecule has 0 spiro atoms. The molecule has 0 aliphatic carbocycles. The molecule has 7 heteroatoms. The molecule has 1 aromatic carbocycles. The van der Waals surface area contributed by atoms with E-state index in [1.165, 1.54) is 135 Å². The number of carbonyl (C=O) groups is 1. The maximum Gasteiger partial charge on any atom is 1.00 e. The van der Waals surface area contributed by atoms with Crippen molar-refractivity contribution in [3.05, 3.63) is 30.3 Å². The van der Waals surface area contributed by atoms with Crippen LogP contribution in [0, 0.1) is 0 Å². The molecule has 0 fully saturated rings. The van der Waals surface area contributed by atoms with Crippen LogP contribution < -0.4 is 34.7 Å². The van der Waals surface area contributed by atoms with Crippen LogP contribution in [-0.4, -0.2) is 21.0 Å². The van der Waals surface area contributed by atoms with Gasteiger partial charge in [0.1, 0.15) is 0 Å². The van der Waals surface area contributed by atoms with Crippen molar-refractivity contribution in [2.24, 2.45) is 0 Å². The van der Waals surface area contributed by atoms with Crippen LogP contribution in [0.15, 0.2) is 35.2 Å². The molecule has 0 saturated carbocycles. The Hall–Kier alpha value is -0.400. The third-order valence-electron chi connectivity index (χ3n) is 7.75. The van der Waals surface area contributed by atoms with E-state index in [2.05, 4.69) is 13.8 Å². The number of carboxylic acid groups (broad SMARTS) is 1. The van der Waals surface area contributed by atoms with Gasteiger partial charge >= 0.3 is 29.6 Å². The van der Waals surface area contributed by atoms with Gasteiger partial charge in [0, 0.05) is 5.97 Å². The molecule has 1 aromatic rings. The third kappa shape index (κ3) is 32.8. The van der Waals surface area contributed by atoms with E-state index in [1.54, 1.807) is 30.3 Å². The maximum atomic E-state index is 11.9. The van der Waals surface area contributed by atoms with Crippen LogP contribution in [0.25, 0.3) is 0 Å². The first-order valence-corrected chi connectivity index (χ1v) is 19.0. The molecule has 1 rings (SSSR count). The summed E-state index contributed by atoms with van der Waals surface area (Å²) in [6.45, 7) is 4.79. The van der Waals surface area contributed by atoms with Gasteiger partial charge in [-0.25, -0.2) is 0 Å². The molecule has 43 heavy (non-hydrogen) atoms. The summed E-state index contributed by atoms with van der Waals surface area (Å²) in [5.74, 6) is -0.903. The minimum atomic E-state index is -3.57. The fraction of sp³-hybridized carbons (Fsp3) is 0.806.